The van der Waals surface area contributed by atoms with Gasteiger partial charge in [0, 0.05) is 50.3 Å². The number of hydrogen-bond donors (Lipinski definition) is 1. The summed E-state index contributed by atoms with van der Waals surface area (Å²) in [5.74, 6) is 2.67. The molecule has 0 fully saturated rings. The Hall–Kier alpha value is -10.8. The SMILES string of the molecule is CC(C)(C)C1=CC(C(C)(CC(=O)O)c2ccc(OP(OC3=C(C4=CC=CCC4)CCC=C3C3C=CC=CC3)Oc3c(-c4ccccc4)cccc3-c3ccccc3)c(C(C)(C)C)c2)CC=C1OP(Oc1c(-c2ccccc2)cccc1-c1ccccc1)Oc1c(-c2ccccc2)cccc1-c1ccccc1. The van der Waals surface area contributed by atoms with Gasteiger partial charge in [-0.25, -0.2) is 0 Å². The van der Waals surface area contributed by atoms with Crippen molar-refractivity contribution in [2.45, 2.75) is 104 Å². The molecule has 10 heteroatoms. The van der Waals surface area contributed by atoms with E-state index in [1.54, 1.807) is 0 Å². The second-order valence-corrected chi connectivity index (χ2v) is 31.7. The smallest absolute Gasteiger partial charge is 0.481 e. The molecule has 532 valence electrons. The fourth-order valence-corrected chi connectivity index (χ4v) is 17.1. The van der Waals surface area contributed by atoms with Gasteiger partial charge in [-0.1, -0.05) is 352 Å². The molecule has 0 aromatic heterocycles. The summed E-state index contributed by atoms with van der Waals surface area (Å²) in [5.41, 5.74) is 15.3. The Morgan fingerprint density at radius 1 is 0.443 bits per heavy atom. The number of aliphatic carboxylic acids is 1. The van der Waals surface area contributed by atoms with Crippen molar-refractivity contribution >= 4 is 23.2 Å². The average molecular weight is 1430 g/mol. The number of hydrogen-bond acceptors (Lipinski definition) is 7. The first-order valence-electron chi connectivity index (χ1n) is 36.9. The minimum absolute atomic E-state index is 0.0833. The van der Waals surface area contributed by atoms with Crippen LogP contribution in [0.3, 0.4) is 0 Å². The van der Waals surface area contributed by atoms with Gasteiger partial charge >= 0.3 is 23.2 Å². The van der Waals surface area contributed by atoms with E-state index in [1.165, 1.54) is 11.1 Å². The Morgan fingerprint density at radius 3 is 1.29 bits per heavy atom. The van der Waals surface area contributed by atoms with Gasteiger partial charge in [0.15, 0.2) is 0 Å². The van der Waals surface area contributed by atoms with Crippen molar-refractivity contribution in [1.82, 2.24) is 0 Å². The quantitative estimate of drug-likeness (QED) is 0.0598. The predicted octanol–water partition coefficient (Wildman–Crippen LogP) is 27.1. The van der Waals surface area contributed by atoms with Crippen molar-refractivity contribution < 1.29 is 37.0 Å². The lowest BCUT2D eigenvalue weighted by Gasteiger charge is -2.40. The zero-order chi connectivity index (χ0) is 73.2. The minimum atomic E-state index is -2.38. The molecule has 10 aromatic rings. The summed E-state index contributed by atoms with van der Waals surface area (Å²) in [4.78, 5) is 13.8. The second-order valence-electron chi connectivity index (χ2n) is 29.7. The molecule has 14 rings (SSSR count). The summed E-state index contributed by atoms with van der Waals surface area (Å²) >= 11 is 0. The maximum atomic E-state index is 13.8. The van der Waals surface area contributed by atoms with E-state index in [2.05, 4.69) is 273 Å². The van der Waals surface area contributed by atoms with Gasteiger partial charge in [0.1, 0.15) is 34.5 Å². The van der Waals surface area contributed by atoms with E-state index in [9.17, 15) is 9.90 Å². The van der Waals surface area contributed by atoms with Crippen molar-refractivity contribution in [2.24, 2.45) is 17.3 Å². The van der Waals surface area contributed by atoms with Crippen LogP contribution in [-0.2, 0) is 24.7 Å². The fourth-order valence-electron chi connectivity index (χ4n) is 14.9. The second kappa shape index (κ2) is 32.3. The molecule has 4 atom stereocenters. The molecular formula is C96H90O8P2. The van der Waals surface area contributed by atoms with E-state index in [-0.39, 0.29) is 18.3 Å². The van der Waals surface area contributed by atoms with Crippen molar-refractivity contribution in [3.05, 3.63) is 360 Å². The normalized spacial score (nSPS) is 16.7. The Bertz CT molecular complexity index is 4740. The molecule has 4 aliphatic carbocycles. The molecular weight excluding hydrogens is 1340 g/mol. The lowest BCUT2D eigenvalue weighted by molar-refractivity contribution is -0.138. The van der Waals surface area contributed by atoms with Gasteiger partial charge in [-0.05, 0) is 129 Å². The highest BCUT2D eigenvalue weighted by atomic mass is 31.2. The number of para-hydroxylation sites is 3. The largest absolute Gasteiger partial charge is 0.530 e. The first kappa shape index (κ1) is 72.2. The van der Waals surface area contributed by atoms with E-state index < -0.39 is 39.4 Å². The molecule has 0 saturated heterocycles. The zero-order valence-corrected chi connectivity index (χ0v) is 63.1. The van der Waals surface area contributed by atoms with Gasteiger partial charge in [0.25, 0.3) is 0 Å². The van der Waals surface area contributed by atoms with Crippen LogP contribution in [-0.4, -0.2) is 11.1 Å². The van der Waals surface area contributed by atoms with Gasteiger partial charge in [-0.3, -0.25) is 4.79 Å². The first-order chi connectivity index (χ1) is 51.5. The van der Waals surface area contributed by atoms with Crippen LogP contribution in [0, 0.1) is 17.3 Å². The topological polar surface area (TPSA) is 92.7 Å². The van der Waals surface area contributed by atoms with E-state index in [1.807, 2.05) is 91.0 Å². The molecule has 106 heavy (non-hydrogen) atoms. The van der Waals surface area contributed by atoms with Crippen LogP contribution in [0.5, 0.6) is 23.0 Å². The Kier molecular flexibility index (Phi) is 22.0. The van der Waals surface area contributed by atoms with Gasteiger partial charge in [-0.15, -0.1) is 0 Å². The molecule has 8 nitrogen and oxygen atoms in total. The van der Waals surface area contributed by atoms with Gasteiger partial charge in [0.2, 0.25) is 0 Å². The van der Waals surface area contributed by atoms with Crippen molar-refractivity contribution in [1.29, 1.82) is 0 Å². The highest BCUT2D eigenvalue weighted by Gasteiger charge is 2.43. The van der Waals surface area contributed by atoms with Gasteiger partial charge < -0.3 is 32.2 Å². The van der Waals surface area contributed by atoms with Crippen LogP contribution in [0.25, 0.3) is 66.8 Å². The molecule has 0 heterocycles. The van der Waals surface area contributed by atoms with E-state index in [0.717, 1.165) is 127 Å². The molecule has 1 N–H and O–H groups in total. The van der Waals surface area contributed by atoms with Crippen LogP contribution in [0.4, 0.5) is 0 Å². The highest BCUT2D eigenvalue weighted by molar-refractivity contribution is 7.43. The Balaban J connectivity index is 0.875. The highest BCUT2D eigenvalue weighted by Crippen LogP contribution is 2.58. The molecule has 0 aliphatic heterocycles. The summed E-state index contributed by atoms with van der Waals surface area (Å²) < 4.78 is 45.5. The van der Waals surface area contributed by atoms with Crippen LogP contribution in [0.1, 0.15) is 105 Å². The number of allylic oxidation sites excluding steroid dienone is 14. The van der Waals surface area contributed by atoms with E-state index >= 15 is 0 Å². The number of benzene rings is 10. The zero-order valence-electron chi connectivity index (χ0n) is 61.3. The lowest BCUT2D eigenvalue weighted by Crippen LogP contribution is -2.36. The maximum Gasteiger partial charge on any atom is 0.530 e. The number of carboxylic acid groups (broad SMARTS) is 1. The van der Waals surface area contributed by atoms with Crippen LogP contribution < -0.4 is 18.1 Å². The molecule has 0 saturated carbocycles. The Labute approximate surface area is 628 Å². The standard InChI is InChI=1S/C96H90O8P2/c1-94(2,3)85-64-75(60-62-87(85)99-105(101-90-77(67-36-16-8-17-37-67)52-32-53-78(90)68-38-18-9-19-39-68)102-91-79(69-40-20-10-21-41-69)54-33-55-80(91)70-42-22-11-23-43-70)96(7,66-89(97)98)76-61-63-88(86(65-76)95(4,5)6)100-106(103-92-81(71-44-24-12-25-45-71)56-34-57-82(92)72-46-26-13-27-47-72)104-93-83(73-48-28-14-29-49-73)58-35-59-84(93)74-50-30-15-31-51-74/h8-30,32-34,36-48,50,52-58,61-65,73,75H,31,35,49,51,59-60,66H2,1-7H3,(H,97,98). The number of carboxylic acids is 1. The molecule has 4 aliphatic rings. The summed E-state index contributed by atoms with van der Waals surface area (Å²) in [7, 11) is -4.70. The van der Waals surface area contributed by atoms with Gasteiger partial charge in [0.05, 0.1) is 6.42 Å². The van der Waals surface area contributed by atoms with Crippen molar-refractivity contribution in [3.63, 3.8) is 0 Å². The third-order valence-corrected chi connectivity index (χ3v) is 22.4. The summed E-state index contributed by atoms with van der Waals surface area (Å²) in [6.45, 7) is 15.2. The van der Waals surface area contributed by atoms with Crippen molar-refractivity contribution in [2.75, 3.05) is 0 Å². The summed E-state index contributed by atoms with van der Waals surface area (Å²) in [6.07, 6.45) is 26.8. The lowest BCUT2D eigenvalue weighted by atomic mass is 9.64. The van der Waals surface area contributed by atoms with Gasteiger partial charge in [-0.2, -0.15) is 0 Å². The monoisotopic (exact) mass is 1430 g/mol. The fraction of sp³-hybridized carbons (Fsp3) is 0.198. The number of carbonyl (C=O) groups is 1. The summed E-state index contributed by atoms with van der Waals surface area (Å²) in [5, 5.41) is 11.3. The third-order valence-electron chi connectivity index (χ3n) is 20.4. The molecule has 0 radical (unpaired) electrons. The number of rotatable bonds is 24. The van der Waals surface area contributed by atoms with E-state index in [4.69, 9.17) is 27.1 Å². The third kappa shape index (κ3) is 16.4. The molecule has 0 bridgehead atoms. The molecule has 0 amide bonds. The van der Waals surface area contributed by atoms with Crippen molar-refractivity contribution in [3.8, 4) is 89.8 Å². The predicted molar refractivity (Wildman–Crippen MR) is 436 cm³/mol. The van der Waals surface area contributed by atoms with Crippen LogP contribution in [0.2, 0.25) is 0 Å². The maximum absolute atomic E-state index is 13.8. The molecule has 10 aromatic carbocycles. The molecule has 4 unspecified atom stereocenters. The van der Waals surface area contributed by atoms with Crippen LogP contribution >= 0.6 is 17.2 Å². The van der Waals surface area contributed by atoms with Crippen LogP contribution in [0.15, 0.2) is 349 Å². The summed E-state index contributed by atoms with van der Waals surface area (Å²) in [6, 6.07) is 86.9. The molecule has 0 spiro atoms. The Morgan fingerprint density at radius 2 is 0.896 bits per heavy atom. The van der Waals surface area contributed by atoms with E-state index in [0.29, 0.717) is 35.2 Å². The minimum Gasteiger partial charge on any atom is -0.481 e. The average Bonchev–Trinajstić information content (AvgIpc) is 0.749. The first-order valence-corrected chi connectivity index (χ1v) is 39.1.